The summed E-state index contributed by atoms with van der Waals surface area (Å²) < 4.78 is 10.7. The Labute approximate surface area is 109 Å². The van der Waals surface area contributed by atoms with E-state index in [2.05, 4.69) is 15.1 Å². The minimum Gasteiger partial charge on any atom is -0.455 e. The smallest absolute Gasteiger partial charge is 0.293 e. The molecule has 0 aliphatic carbocycles. The summed E-state index contributed by atoms with van der Waals surface area (Å²) >= 11 is 0. The average molecular weight is 256 g/mol. The standard InChI is InChI=1S/C13H12N4O2/c1-8-7-15-5-4-10(8)12-16-13(19-17-12)11-3-2-9(6-14)18-11/h2-5,7H,6,14H2,1H3. The predicted molar refractivity (Wildman–Crippen MR) is 67.9 cm³/mol. The van der Waals surface area contributed by atoms with E-state index in [1.54, 1.807) is 24.5 Å². The van der Waals surface area contributed by atoms with E-state index in [1.165, 1.54) is 0 Å². The van der Waals surface area contributed by atoms with Gasteiger partial charge in [0.2, 0.25) is 5.82 Å². The molecule has 0 aliphatic heterocycles. The third kappa shape index (κ3) is 2.13. The minimum atomic E-state index is 0.338. The highest BCUT2D eigenvalue weighted by molar-refractivity contribution is 5.60. The van der Waals surface area contributed by atoms with E-state index in [-0.39, 0.29) is 0 Å². The molecule has 0 fully saturated rings. The number of pyridine rings is 1. The number of hydrogen-bond donors (Lipinski definition) is 1. The van der Waals surface area contributed by atoms with E-state index >= 15 is 0 Å². The lowest BCUT2D eigenvalue weighted by atomic mass is 10.1. The van der Waals surface area contributed by atoms with E-state index < -0.39 is 0 Å². The van der Waals surface area contributed by atoms with Crippen molar-refractivity contribution in [1.29, 1.82) is 0 Å². The van der Waals surface area contributed by atoms with Crippen LogP contribution < -0.4 is 5.73 Å². The van der Waals surface area contributed by atoms with Crippen LogP contribution in [0.5, 0.6) is 0 Å². The summed E-state index contributed by atoms with van der Waals surface area (Å²) in [5, 5.41) is 3.95. The number of aryl methyl sites for hydroxylation is 1. The van der Waals surface area contributed by atoms with Crippen LogP contribution in [0.1, 0.15) is 11.3 Å². The molecular formula is C13H12N4O2. The van der Waals surface area contributed by atoms with Gasteiger partial charge in [0.1, 0.15) is 5.76 Å². The van der Waals surface area contributed by atoms with Crippen molar-refractivity contribution in [1.82, 2.24) is 15.1 Å². The molecule has 3 aromatic heterocycles. The van der Waals surface area contributed by atoms with Gasteiger partial charge >= 0.3 is 0 Å². The molecule has 3 aromatic rings. The number of hydrogen-bond acceptors (Lipinski definition) is 6. The Morgan fingerprint density at radius 3 is 2.89 bits per heavy atom. The molecule has 6 heteroatoms. The molecule has 0 saturated carbocycles. The van der Waals surface area contributed by atoms with Gasteiger partial charge in [0.25, 0.3) is 5.89 Å². The molecule has 0 saturated heterocycles. The molecule has 0 amide bonds. The second-order valence-corrected chi connectivity index (χ2v) is 4.08. The van der Waals surface area contributed by atoms with Crippen molar-refractivity contribution >= 4 is 0 Å². The Bertz CT molecular complexity index is 702. The molecule has 0 spiro atoms. The van der Waals surface area contributed by atoms with E-state index in [1.807, 2.05) is 13.0 Å². The lowest BCUT2D eigenvalue weighted by molar-refractivity contribution is 0.412. The first kappa shape index (κ1) is 11.6. The SMILES string of the molecule is Cc1cnccc1-c1noc(-c2ccc(CN)o2)n1. The maximum atomic E-state index is 5.49. The molecule has 19 heavy (non-hydrogen) atoms. The molecule has 0 bridgehead atoms. The molecule has 0 unspecified atom stereocenters. The Balaban J connectivity index is 1.97. The number of furan rings is 1. The zero-order chi connectivity index (χ0) is 13.2. The Morgan fingerprint density at radius 2 is 2.16 bits per heavy atom. The third-order valence-corrected chi connectivity index (χ3v) is 2.76. The normalized spacial score (nSPS) is 10.8. The lowest BCUT2D eigenvalue weighted by Gasteiger charge is -1.97. The molecule has 2 N–H and O–H groups in total. The lowest BCUT2D eigenvalue weighted by Crippen LogP contribution is -1.92. The van der Waals surface area contributed by atoms with Gasteiger partial charge in [-0.25, -0.2) is 0 Å². The second-order valence-electron chi connectivity index (χ2n) is 4.08. The summed E-state index contributed by atoms with van der Waals surface area (Å²) in [6, 6.07) is 5.40. The molecule has 0 atom stereocenters. The molecule has 6 nitrogen and oxygen atoms in total. The third-order valence-electron chi connectivity index (χ3n) is 2.76. The van der Waals surface area contributed by atoms with Crippen molar-refractivity contribution in [2.45, 2.75) is 13.5 Å². The van der Waals surface area contributed by atoms with Crippen molar-refractivity contribution in [2.75, 3.05) is 0 Å². The van der Waals surface area contributed by atoms with Crippen LogP contribution in [0.3, 0.4) is 0 Å². The summed E-state index contributed by atoms with van der Waals surface area (Å²) in [5.41, 5.74) is 7.36. The molecular weight excluding hydrogens is 244 g/mol. The van der Waals surface area contributed by atoms with Gasteiger partial charge < -0.3 is 14.7 Å². The first-order valence-electron chi connectivity index (χ1n) is 5.82. The molecule has 96 valence electrons. The van der Waals surface area contributed by atoms with Crippen LogP contribution in [0.2, 0.25) is 0 Å². The average Bonchev–Trinajstić information content (AvgIpc) is 3.08. The largest absolute Gasteiger partial charge is 0.455 e. The fourth-order valence-electron chi connectivity index (χ4n) is 1.76. The van der Waals surface area contributed by atoms with Crippen molar-refractivity contribution in [3.63, 3.8) is 0 Å². The maximum absolute atomic E-state index is 5.49. The second kappa shape index (κ2) is 4.66. The van der Waals surface area contributed by atoms with Gasteiger partial charge in [-0.2, -0.15) is 4.98 Å². The van der Waals surface area contributed by atoms with Gasteiger partial charge in [-0.15, -0.1) is 0 Å². The highest BCUT2D eigenvalue weighted by atomic mass is 16.5. The van der Waals surface area contributed by atoms with Crippen LogP contribution in [-0.2, 0) is 6.54 Å². The number of nitrogens with two attached hydrogens (primary N) is 1. The van der Waals surface area contributed by atoms with Crippen molar-refractivity contribution in [3.8, 4) is 23.0 Å². The van der Waals surface area contributed by atoms with E-state index in [9.17, 15) is 0 Å². The maximum Gasteiger partial charge on any atom is 0.293 e. The molecule has 0 aromatic carbocycles. The van der Waals surface area contributed by atoms with Crippen LogP contribution >= 0.6 is 0 Å². The first-order chi connectivity index (χ1) is 9.28. The zero-order valence-corrected chi connectivity index (χ0v) is 10.3. The number of nitrogens with zero attached hydrogens (tertiary/aromatic N) is 3. The van der Waals surface area contributed by atoms with Gasteiger partial charge in [-0.05, 0) is 30.7 Å². The van der Waals surface area contributed by atoms with E-state index in [0.29, 0.717) is 29.8 Å². The van der Waals surface area contributed by atoms with E-state index in [4.69, 9.17) is 14.7 Å². The minimum absolute atomic E-state index is 0.338. The Kier molecular flexibility index (Phi) is 2.85. The topological polar surface area (TPSA) is 91.0 Å². The summed E-state index contributed by atoms with van der Waals surface area (Å²) in [7, 11) is 0. The molecule has 3 heterocycles. The molecule has 0 aliphatic rings. The summed E-state index contributed by atoms with van der Waals surface area (Å²) in [6.45, 7) is 2.28. The first-order valence-corrected chi connectivity index (χ1v) is 5.82. The quantitative estimate of drug-likeness (QED) is 0.772. The number of rotatable bonds is 3. The fraction of sp³-hybridized carbons (Fsp3) is 0.154. The molecule has 0 radical (unpaired) electrons. The zero-order valence-electron chi connectivity index (χ0n) is 10.3. The van der Waals surface area contributed by atoms with Crippen LogP contribution in [0.4, 0.5) is 0 Å². The predicted octanol–water partition coefficient (Wildman–Crippen LogP) is 2.16. The van der Waals surface area contributed by atoms with Crippen LogP contribution in [0.15, 0.2) is 39.5 Å². The Hall–Kier alpha value is -2.47. The highest BCUT2D eigenvalue weighted by Gasteiger charge is 2.14. The van der Waals surface area contributed by atoms with Gasteiger partial charge in [0, 0.05) is 18.0 Å². The Morgan fingerprint density at radius 1 is 1.26 bits per heavy atom. The van der Waals surface area contributed by atoms with Gasteiger partial charge in [-0.1, -0.05) is 5.16 Å². The monoisotopic (exact) mass is 256 g/mol. The summed E-state index contributed by atoms with van der Waals surface area (Å²) in [6.07, 6.45) is 3.45. The van der Waals surface area contributed by atoms with Crippen molar-refractivity contribution in [3.05, 3.63) is 41.9 Å². The van der Waals surface area contributed by atoms with Crippen LogP contribution in [0, 0.1) is 6.92 Å². The van der Waals surface area contributed by atoms with E-state index in [0.717, 1.165) is 11.1 Å². The fourth-order valence-corrected chi connectivity index (χ4v) is 1.76. The number of aromatic nitrogens is 3. The van der Waals surface area contributed by atoms with Crippen LogP contribution in [0.25, 0.3) is 23.0 Å². The highest BCUT2D eigenvalue weighted by Crippen LogP contribution is 2.25. The summed E-state index contributed by atoms with van der Waals surface area (Å²) in [5.74, 6) is 2.05. The van der Waals surface area contributed by atoms with Gasteiger partial charge in [0.05, 0.1) is 6.54 Å². The van der Waals surface area contributed by atoms with Crippen molar-refractivity contribution < 1.29 is 8.94 Å². The van der Waals surface area contributed by atoms with Gasteiger partial charge in [0.15, 0.2) is 5.76 Å². The molecule has 3 rings (SSSR count). The summed E-state index contributed by atoms with van der Waals surface area (Å²) in [4.78, 5) is 8.35. The van der Waals surface area contributed by atoms with Gasteiger partial charge in [-0.3, -0.25) is 4.98 Å². The van der Waals surface area contributed by atoms with Crippen molar-refractivity contribution in [2.24, 2.45) is 5.73 Å². The van der Waals surface area contributed by atoms with Crippen LogP contribution in [-0.4, -0.2) is 15.1 Å².